The molecule has 0 bridgehead atoms. The first-order valence-corrected chi connectivity index (χ1v) is 11.4. The van der Waals surface area contributed by atoms with E-state index in [0.717, 1.165) is 23.8 Å². The Morgan fingerprint density at radius 2 is 1.87 bits per heavy atom. The van der Waals surface area contributed by atoms with Crippen molar-refractivity contribution < 1.29 is 22.7 Å². The number of fused-ring (bicyclic) bond motifs is 1. The first kappa shape index (κ1) is 24.7. The fourth-order valence-corrected chi connectivity index (χ4v) is 3.94. The normalized spacial score (nSPS) is 11.3. The van der Waals surface area contributed by atoms with Crippen LogP contribution in [0.2, 0.25) is 0 Å². The third-order valence-corrected chi connectivity index (χ3v) is 5.75. The molecule has 190 valence electrons. The van der Waals surface area contributed by atoms with Gasteiger partial charge in [0.1, 0.15) is 24.3 Å². The molecule has 0 aliphatic heterocycles. The molecule has 0 atom stereocenters. The highest BCUT2D eigenvalue weighted by atomic mass is 19.4. The SMILES string of the molecule is C=CC(=O)Nc1cc(-c2cnc3[nH]cc(-c4ncncc4OCc4ccccc4)c3c2)cc(C(F)(F)F)c1. The Labute approximate surface area is 215 Å². The Hall–Kier alpha value is -4.99. The molecule has 3 aromatic heterocycles. The van der Waals surface area contributed by atoms with Crippen LogP contribution in [-0.2, 0) is 17.6 Å². The van der Waals surface area contributed by atoms with E-state index in [2.05, 4.69) is 31.8 Å². The zero-order valence-corrected chi connectivity index (χ0v) is 19.8. The summed E-state index contributed by atoms with van der Waals surface area (Å²) in [7, 11) is 0. The van der Waals surface area contributed by atoms with Gasteiger partial charge in [-0.1, -0.05) is 36.9 Å². The average molecular weight is 515 g/mol. The molecule has 0 saturated heterocycles. The molecule has 3 heterocycles. The van der Waals surface area contributed by atoms with Crippen molar-refractivity contribution in [3.8, 4) is 28.1 Å². The first-order chi connectivity index (χ1) is 18.3. The lowest BCUT2D eigenvalue weighted by Gasteiger charge is -2.13. The molecular formula is C28H20F3N5O2. The Kier molecular flexibility index (Phi) is 6.61. The lowest BCUT2D eigenvalue weighted by atomic mass is 10.0. The van der Waals surface area contributed by atoms with E-state index in [0.29, 0.717) is 40.2 Å². The van der Waals surface area contributed by atoms with Crippen molar-refractivity contribution in [3.05, 3.63) is 103 Å². The van der Waals surface area contributed by atoms with Gasteiger partial charge in [0, 0.05) is 34.6 Å². The van der Waals surface area contributed by atoms with Crippen molar-refractivity contribution in [2.75, 3.05) is 5.32 Å². The highest BCUT2D eigenvalue weighted by Gasteiger charge is 2.31. The largest absolute Gasteiger partial charge is 0.485 e. The summed E-state index contributed by atoms with van der Waals surface area (Å²) < 4.78 is 46.9. The second-order valence-electron chi connectivity index (χ2n) is 8.32. The summed E-state index contributed by atoms with van der Waals surface area (Å²) >= 11 is 0. The van der Waals surface area contributed by atoms with Crippen molar-refractivity contribution in [2.45, 2.75) is 12.8 Å². The van der Waals surface area contributed by atoms with Crippen molar-refractivity contribution in [1.82, 2.24) is 19.9 Å². The molecule has 0 radical (unpaired) electrons. The van der Waals surface area contributed by atoms with Crippen molar-refractivity contribution in [2.24, 2.45) is 0 Å². The predicted octanol–water partition coefficient (Wildman–Crippen LogP) is 6.41. The number of hydrogen-bond donors (Lipinski definition) is 2. The van der Waals surface area contributed by atoms with Crippen LogP contribution < -0.4 is 10.1 Å². The zero-order chi connectivity index (χ0) is 26.7. The van der Waals surface area contributed by atoms with Gasteiger partial charge in [-0.05, 0) is 41.5 Å². The number of nitrogens with zero attached hydrogens (tertiary/aromatic N) is 3. The summed E-state index contributed by atoms with van der Waals surface area (Å²) in [6.45, 7) is 3.65. The predicted molar refractivity (Wildman–Crippen MR) is 137 cm³/mol. The topological polar surface area (TPSA) is 92.8 Å². The summed E-state index contributed by atoms with van der Waals surface area (Å²) in [5.41, 5.74) is 2.36. The molecule has 2 N–H and O–H groups in total. The van der Waals surface area contributed by atoms with Crippen LogP contribution in [0.1, 0.15) is 11.1 Å². The molecule has 10 heteroatoms. The van der Waals surface area contributed by atoms with Crippen molar-refractivity contribution in [3.63, 3.8) is 0 Å². The van der Waals surface area contributed by atoms with Gasteiger partial charge in [0.05, 0.1) is 11.8 Å². The quantitative estimate of drug-likeness (QED) is 0.244. The maximum atomic E-state index is 13.6. The molecule has 0 unspecified atom stereocenters. The van der Waals surface area contributed by atoms with E-state index in [9.17, 15) is 18.0 Å². The standard InChI is InChI=1S/C28H20F3N5O2/c1-2-25(37)36-21-9-18(8-20(11-21)28(29,30)31)19-10-22-23(13-34-27(22)33-12-19)26-24(14-32-16-35-26)38-15-17-6-4-3-5-7-17/h2-14,16H,1,15H2,(H,33,34)(H,36,37). The summed E-state index contributed by atoms with van der Waals surface area (Å²) in [6, 6.07) is 14.7. The smallest absolute Gasteiger partial charge is 0.416 e. The molecule has 7 nitrogen and oxygen atoms in total. The number of ether oxygens (including phenoxy) is 1. The van der Waals surface area contributed by atoms with E-state index in [4.69, 9.17) is 4.74 Å². The number of H-pyrrole nitrogens is 1. The van der Waals surface area contributed by atoms with Gasteiger partial charge >= 0.3 is 6.18 Å². The van der Waals surface area contributed by atoms with Gasteiger partial charge < -0.3 is 15.0 Å². The minimum atomic E-state index is -4.62. The maximum absolute atomic E-state index is 13.6. The minimum absolute atomic E-state index is 0.0125. The maximum Gasteiger partial charge on any atom is 0.416 e. The number of aromatic nitrogens is 4. The number of hydrogen-bond acceptors (Lipinski definition) is 5. The van der Waals surface area contributed by atoms with Crippen molar-refractivity contribution >= 4 is 22.6 Å². The van der Waals surface area contributed by atoms with Crippen LogP contribution in [0, 0.1) is 0 Å². The molecule has 0 fully saturated rings. The number of alkyl halides is 3. The van der Waals surface area contributed by atoms with Gasteiger partial charge in [0.15, 0.2) is 5.75 Å². The number of halogens is 3. The number of pyridine rings is 1. The lowest BCUT2D eigenvalue weighted by molar-refractivity contribution is -0.137. The van der Waals surface area contributed by atoms with Crippen LogP contribution in [0.4, 0.5) is 18.9 Å². The molecule has 5 rings (SSSR count). The van der Waals surface area contributed by atoms with E-state index in [-0.39, 0.29) is 11.3 Å². The second-order valence-corrected chi connectivity index (χ2v) is 8.32. The van der Waals surface area contributed by atoms with E-state index < -0.39 is 17.6 Å². The fraction of sp³-hybridized carbons (Fsp3) is 0.0714. The third-order valence-electron chi connectivity index (χ3n) is 5.75. The molecule has 0 spiro atoms. The highest BCUT2D eigenvalue weighted by molar-refractivity contribution is 6.00. The van der Waals surface area contributed by atoms with Crippen LogP contribution in [0.5, 0.6) is 5.75 Å². The van der Waals surface area contributed by atoms with E-state index in [1.54, 1.807) is 18.5 Å². The monoisotopic (exact) mass is 515 g/mol. The fourth-order valence-electron chi connectivity index (χ4n) is 3.94. The van der Waals surface area contributed by atoms with Gasteiger partial charge in [-0.3, -0.25) is 4.79 Å². The highest BCUT2D eigenvalue weighted by Crippen LogP contribution is 2.37. The molecule has 5 aromatic rings. The number of nitrogens with one attached hydrogen (secondary N) is 2. The van der Waals surface area contributed by atoms with E-state index in [1.807, 2.05) is 30.3 Å². The molecule has 0 aliphatic carbocycles. The molecule has 0 aliphatic rings. The summed E-state index contributed by atoms with van der Waals surface area (Å²) in [4.78, 5) is 27.7. The average Bonchev–Trinajstić information content (AvgIpc) is 3.35. The van der Waals surface area contributed by atoms with Crippen LogP contribution in [0.15, 0.2) is 92.2 Å². The Morgan fingerprint density at radius 3 is 2.63 bits per heavy atom. The summed E-state index contributed by atoms with van der Waals surface area (Å²) in [5, 5.41) is 3.03. The number of rotatable bonds is 7. The van der Waals surface area contributed by atoms with Crippen LogP contribution in [0.3, 0.4) is 0 Å². The van der Waals surface area contributed by atoms with Gasteiger partial charge in [0.2, 0.25) is 5.91 Å². The van der Waals surface area contributed by atoms with Crippen LogP contribution in [0.25, 0.3) is 33.4 Å². The zero-order valence-electron chi connectivity index (χ0n) is 19.8. The van der Waals surface area contributed by atoms with Crippen LogP contribution in [-0.4, -0.2) is 25.8 Å². The second kappa shape index (κ2) is 10.2. The number of carbonyl (C=O) groups is 1. The first-order valence-electron chi connectivity index (χ1n) is 11.4. The number of amides is 1. The molecule has 38 heavy (non-hydrogen) atoms. The summed E-state index contributed by atoms with van der Waals surface area (Å²) in [5.74, 6) is -0.181. The number of carbonyl (C=O) groups excluding carboxylic acids is 1. The van der Waals surface area contributed by atoms with Crippen LogP contribution >= 0.6 is 0 Å². The van der Waals surface area contributed by atoms with Gasteiger partial charge in [-0.15, -0.1) is 0 Å². The molecular weight excluding hydrogens is 495 g/mol. The van der Waals surface area contributed by atoms with E-state index >= 15 is 0 Å². The number of anilines is 1. The molecule has 2 aromatic carbocycles. The molecule has 1 amide bonds. The number of benzene rings is 2. The Bertz CT molecular complexity index is 1630. The minimum Gasteiger partial charge on any atom is -0.485 e. The lowest BCUT2D eigenvalue weighted by Crippen LogP contribution is -2.10. The Balaban J connectivity index is 1.56. The Morgan fingerprint density at radius 1 is 1.05 bits per heavy atom. The van der Waals surface area contributed by atoms with Crippen molar-refractivity contribution in [1.29, 1.82) is 0 Å². The summed E-state index contributed by atoms with van der Waals surface area (Å²) in [6.07, 6.45) is 2.49. The number of aromatic amines is 1. The molecule has 0 saturated carbocycles. The van der Waals surface area contributed by atoms with Gasteiger partial charge in [-0.25, -0.2) is 15.0 Å². The van der Waals surface area contributed by atoms with Gasteiger partial charge in [-0.2, -0.15) is 13.2 Å². The third kappa shape index (κ3) is 5.24. The van der Waals surface area contributed by atoms with Gasteiger partial charge in [0.25, 0.3) is 0 Å². The van der Waals surface area contributed by atoms with E-state index in [1.165, 1.54) is 18.6 Å².